The van der Waals surface area contributed by atoms with Gasteiger partial charge in [-0.2, -0.15) is 0 Å². The molecule has 27 heavy (non-hydrogen) atoms. The van der Waals surface area contributed by atoms with Gasteiger partial charge in [-0.25, -0.2) is 13.8 Å². The zero-order valence-electron chi connectivity index (χ0n) is 14.6. The van der Waals surface area contributed by atoms with Crippen LogP contribution in [0.5, 0.6) is 0 Å². The van der Waals surface area contributed by atoms with Crippen molar-refractivity contribution in [3.63, 3.8) is 0 Å². The van der Waals surface area contributed by atoms with E-state index in [4.69, 9.17) is 0 Å². The largest absolute Gasteiger partial charge is 0.357 e. The van der Waals surface area contributed by atoms with E-state index >= 15 is 0 Å². The summed E-state index contributed by atoms with van der Waals surface area (Å²) in [6.45, 7) is 0. The van der Waals surface area contributed by atoms with E-state index in [1.54, 1.807) is 0 Å². The number of nitrogens with zero attached hydrogens (tertiary/aromatic N) is 1. The molecule has 0 aliphatic rings. The topological polar surface area (TPSA) is 86.9 Å². The minimum Gasteiger partial charge on any atom is -0.357 e. The van der Waals surface area contributed by atoms with Gasteiger partial charge in [0.15, 0.2) is 11.6 Å². The summed E-state index contributed by atoms with van der Waals surface area (Å²) < 4.78 is 26.6. The Bertz CT molecular complexity index is 954. The van der Waals surface area contributed by atoms with Crippen LogP contribution in [0, 0.1) is 11.6 Å². The van der Waals surface area contributed by atoms with Gasteiger partial charge in [0.1, 0.15) is 11.9 Å². The van der Waals surface area contributed by atoms with Crippen LogP contribution in [0.25, 0.3) is 11.0 Å². The lowest BCUT2D eigenvalue weighted by atomic mass is 10.1. The van der Waals surface area contributed by atoms with E-state index in [2.05, 4.69) is 20.6 Å². The average molecular weight is 372 g/mol. The fourth-order valence-corrected chi connectivity index (χ4v) is 2.73. The number of benzene rings is 2. The van der Waals surface area contributed by atoms with Gasteiger partial charge in [0.05, 0.1) is 11.0 Å². The molecule has 6 nitrogen and oxygen atoms in total. The second-order valence-corrected chi connectivity index (χ2v) is 5.99. The molecule has 3 rings (SSSR count). The number of hydrogen-bond donors (Lipinski definition) is 3. The van der Waals surface area contributed by atoms with Crippen LogP contribution in [-0.2, 0) is 16.0 Å². The van der Waals surface area contributed by atoms with Crippen molar-refractivity contribution < 1.29 is 18.4 Å². The Morgan fingerprint density at radius 1 is 1.15 bits per heavy atom. The van der Waals surface area contributed by atoms with Crippen LogP contribution < -0.4 is 10.6 Å². The van der Waals surface area contributed by atoms with E-state index < -0.39 is 29.5 Å². The van der Waals surface area contributed by atoms with Gasteiger partial charge in [-0.15, -0.1) is 0 Å². The predicted octanol–water partition coefficient (Wildman–Crippen LogP) is 2.38. The summed E-state index contributed by atoms with van der Waals surface area (Å²) in [4.78, 5) is 31.9. The van der Waals surface area contributed by atoms with Crippen molar-refractivity contribution in [3.8, 4) is 0 Å². The summed E-state index contributed by atoms with van der Waals surface area (Å²) in [6.07, 6.45) is 0.426. The lowest BCUT2D eigenvalue weighted by Crippen LogP contribution is -2.39. The fraction of sp³-hybridized carbons (Fsp3) is 0.211. The number of nitrogens with one attached hydrogen (secondary N) is 3. The van der Waals surface area contributed by atoms with Crippen molar-refractivity contribution in [1.82, 2.24) is 20.6 Å². The third-order valence-corrected chi connectivity index (χ3v) is 4.12. The van der Waals surface area contributed by atoms with E-state index in [1.807, 2.05) is 24.3 Å². The van der Waals surface area contributed by atoms with Crippen LogP contribution in [0.1, 0.15) is 23.9 Å². The number of halogens is 2. The first-order valence-electron chi connectivity index (χ1n) is 8.37. The summed E-state index contributed by atoms with van der Waals surface area (Å²) in [5.41, 5.74) is 1.83. The number of amides is 2. The number of aromatic amines is 1. The lowest BCUT2D eigenvalue weighted by Gasteiger charge is -2.18. The smallest absolute Gasteiger partial charge is 0.246 e. The summed E-state index contributed by atoms with van der Waals surface area (Å²) in [7, 11) is 1.40. The maximum absolute atomic E-state index is 13.5. The molecule has 2 amide bonds. The zero-order chi connectivity index (χ0) is 19.4. The quantitative estimate of drug-likeness (QED) is 0.621. The van der Waals surface area contributed by atoms with Gasteiger partial charge in [0.2, 0.25) is 11.8 Å². The fourth-order valence-electron chi connectivity index (χ4n) is 2.73. The molecule has 1 unspecified atom stereocenters. The molecule has 8 heteroatoms. The number of hydrogen-bond acceptors (Lipinski definition) is 3. The molecule has 0 fully saturated rings. The number of imidazole rings is 1. The summed E-state index contributed by atoms with van der Waals surface area (Å²) in [5, 5.41) is 4.96. The number of carbonyl (C=O) groups excluding carboxylic acids is 2. The minimum atomic E-state index is -1.12. The third-order valence-electron chi connectivity index (χ3n) is 4.12. The molecular weight excluding hydrogens is 354 g/mol. The van der Waals surface area contributed by atoms with Gasteiger partial charge in [0, 0.05) is 19.9 Å². The molecule has 0 aliphatic carbocycles. The van der Waals surface area contributed by atoms with Gasteiger partial charge in [-0.3, -0.25) is 9.59 Å². The van der Waals surface area contributed by atoms with E-state index in [1.165, 1.54) is 13.1 Å². The van der Waals surface area contributed by atoms with Gasteiger partial charge in [-0.1, -0.05) is 18.2 Å². The number of likely N-dealkylation sites (N-methyl/N-ethyl adjacent to an activating group) is 1. The molecular formula is C19H18F2N4O2. The Labute approximate surface area is 154 Å². The van der Waals surface area contributed by atoms with Crippen LogP contribution in [0.2, 0.25) is 0 Å². The number of fused-ring (bicyclic) bond motifs is 1. The zero-order valence-corrected chi connectivity index (χ0v) is 14.6. The standard InChI is InChI=1S/C19H18F2N4O2/c1-22-19(27)18(11-6-7-12(20)13(21)10-11)25-17(26)9-8-16-23-14-4-2-3-5-15(14)24-16/h2-7,10,18H,8-9H2,1H3,(H,22,27)(H,23,24)(H,25,26). The summed E-state index contributed by atoms with van der Waals surface area (Å²) in [5.74, 6) is -2.40. The van der Waals surface area contributed by atoms with E-state index in [-0.39, 0.29) is 12.0 Å². The second-order valence-electron chi connectivity index (χ2n) is 5.99. The Hall–Kier alpha value is -3.29. The molecule has 0 saturated heterocycles. The molecule has 2 aromatic carbocycles. The SMILES string of the molecule is CNC(=O)C(NC(=O)CCc1nc2ccccc2[nH]1)c1ccc(F)c(F)c1. The number of rotatable bonds is 6. The minimum absolute atomic E-state index is 0.0804. The van der Waals surface area contributed by atoms with Crippen molar-refractivity contribution >= 4 is 22.8 Å². The molecule has 0 aliphatic heterocycles. The van der Waals surface area contributed by atoms with Crippen molar-refractivity contribution in [2.24, 2.45) is 0 Å². The highest BCUT2D eigenvalue weighted by Crippen LogP contribution is 2.17. The first kappa shape index (κ1) is 18.5. The molecule has 3 aromatic rings. The highest BCUT2D eigenvalue weighted by Gasteiger charge is 2.23. The molecule has 0 spiro atoms. The lowest BCUT2D eigenvalue weighted by molar-refractivity contribution is -0.128. The van der Waals surface area contributed by atoms with Gasteiger partial charge in [-0.05, 0) is 29.8 Å². The maximum atomic E-state index is 13.5. The predicted molar refractivity (Wildman–Crippen MR) is 95.7 cm³/mol. The molecule has 3 N–H and O–H groups in total. The number of aryl methyl sites for hydroxylation is 1. The van der Waals surface area contributed by atoms with E-state index in [0.29, 0.717) is 12.2 Å². The number of para-hydroxylation sites is 2. The second kappa shape index (κ2) is 7.94. The van der Waals surface area contributed by atoms with Crippen LogP contribution >= 0.6 is 0 Å². The molecule has 1 heterocycles. The van der Waals surface area contributed by atoms with Crippen LogP contribution in [-0.4, -0.2) is 28.8 Å². The highest BCUT2D eigenvalue weighted by molar-refractivity contribution is 5.88. The Kier molecular flexibility index (Phi) is 5.44. The molecule has 0 bridgehead atoms. The molecule has 0 radical (unpaired) electrons. The van der Waals surface area contributed by atoms with Crippen LogP contribution in [0.3, 0.4) is 0 Å². The van der Waals surface area contributed by atoms with Crippen molar-refractivity contribution in [2.75, 3.05) is 7.05 Å². The highest BCUT2D eigenvalue weighted by atomic mass is 19.2. The first-order valence-corrected chi connectivity index (χ1v) is 8.37. The Morgan fingerprint density at radius 2 is 1.93 bits per heavy atom. The summed E-state index contributed by atoms with van der Waals surface area (Å²) >= 11 is 0. The van der Waals surface area contributed by atoms with Gasteiger partial charge in [0.25, 0.3) is 0 Å². The average Bonchev–Trinajstić information content (AvgIpc) is 3.09. The van der Waals surface area contributed by atoms with E-state index in [9.17, 15) is 18.4 Å². The van der Waals surface area contributed by atoms with Crippen LogP contribution in [0.4, 0.5) is 8.78 Å². The van der Waals surface area contributed by atoms with Crippen molar-refractivity contribution in [3.05, 3.63) is 65.5 Å². The number of H-pyrrole nitrogens is 1. The van der Waals surface area contributed by atoms with Gasteiger partial charge >= 0.3 is 0 Å². The number of carbonyl (C=O) groups is 2. The van der Waals surface area contributed by atoms with E-state index in [0.717, 1.165) is 23.2 Å². The van der Waals surface area contributed by atoms with Crippen LogP contribution in [0.15, 0.2) is 42.5 Å². The normalized spacial score (nSPS) is 12.0. The van der Waals surface area contributed by atoms with Crippen molar-refractivity contribution in [1.29, 1.82) is 0 Å². The molecule has 1 atom stereocenters. The van der Waals surface area contributed by atoms with Crippen molar-refractivity contribution in [2.45, 2.75) is 18.9 Å². The number of aromatic nitrogens is 2. The monoisotopic (exact) mass is 372 g/mol. The molecule has 1 aromatic heterocycles. The summed E-state index contributed by atoms with van der Waals surface area (Å²) in [6, 6.07) is 9.46. The maximum Gasteiger partial charge on any atom is 0.246 e. The Balaban J connectivity index is 1.68. The first-order chi connectivity index (χ1) is 13.0. The molecule has 140 valence electrons. The molecule has 0 saturated carbocycles. The Morgan fingerprint density at radius 3 is 2.63 bits per heavy atom. The van der Waals surface area contributed by atoms with Gasteiger partial charge < -0.3 is 15.6 Å². The third kappa shape index (κ3) is 4.28.